The van der Waals surface area contributed by atoms with Gasteiger partial charge >= 0.3 is 0 Å². The van der Waals surface area contributed by atoms with Crippen LogP contribution in [-0.2, 0) is 0 Å². The van der Waals surface area contributed by atoms with Gasteiger partial charge in [-0.25, -0.2) is 0 Å². The molecule has 0 aliphatic rings. The number of nitrogens with zero attached hydrogens (tertiary/aromatic N) is 1. The lowest BCUT2D eigenvalue weighted by atomic mass is 10.3. The number of rotatable bonds is 2. The number of aromatic amines is 1. The van der Waals surface area contributed by atoms with Gasteiger partial charge in [-0.05, 0) is 61.5 Å². The van der Waals surface area contributed by atoms with Crippen molar-refractivity contribution < 1.29 is 0 Å². The van der Waals surface area contributed by atoms with Gasteiger partial charge in [0.05, 0.1) is 0 Å². The monoisotopic (exact) mass is 418 g/mol. The lowest BCUT2D eigenvalue weighted by molar-refractivity contribution is 1.23. The number of aryl methyl sites for hydroxylation is 1. The summed E-state index contributed by atoms with van der Waals surface area (Å²) in [7, 11) is 0. The molecule has 0 radical (unpaired) electrons. The van der Waals surface area contributed by atoms with Crippen LogP contribution in [0.4, 0.5) is 0 Å². The van der Waals surface area contributed by atoms with Crippen LogP contribution in [0, 0.1) is 6.92 Å². The van der Waals surface area contributed by atoms with E-state index in [9.17, 15) is 0 Å². The number of hydrogen-bond acceptors (Lipinski definition) is 3. The average Bonchev–Trinajstić information content (AvgIpc) is 2.96. The third-order valence-electron chi connectivity index (χ3n) is 3.59. The van der Waals surface area contributed by atoms with Gasteiger partial charge in [-0.15, -0.1) is 12.6 Å². The summed E-state index contributed by atoms with van der Waals surface area (Å²) in [4.78, 5) is 10.9. The first-order valence-corrected chi connectivity index (χ1v) is 9.85. The topological polar surface area (TPSA) is 28.7 Å². The van der Waals surface area contributed by atoms with Crippen LogP contribution in [-0.4, -0.2) is 9.97 Å². The minimum atomic E-state index is 0.753. The Morgan fingerprint density at radius 3 is 2.15 bits per heavy atom. The minimum Gasteiger partial charge on any atom is -0.358 e. The van der Waals surface area contributed by atoms with Crippen molar-refractivity contribution in [3.63, 3.8) is 0 Å². The number of H-pyrrole nitrogens is 1. The van der Waals surface area contributed by atoms with Crippen LogP contribution in [0.25, 0.3) is 10.9 Å². The molecule has 4 aromatic rings. The molecule has 0 saturated heterocycles. The van der Waals surface area contributed by atoms with E-state index < -0.39 is 0 Å². The Hall–Kier alpha value is -1.59. The molecular formula is C20H16Cl2N2S2. The SMILES string of the molecule is Cc1[nH]c2ccncc2c1Sc1ccc(Cl)cc1.Sc1ccc(Cl)cc1. The molecule has 2 aromatic carbocycles. The first-order chi connectivity index (χ1) is 12.5. The molecule has 2 aromatic heterocycles. The fourth-order valence-corrected chi connectivity index (χ4v) is 3.72. The molecule has 26 heavy (non-hydrogen) atoms. The number of hydrogen-bond donors (Lipinski definition) is 2. The fourth-order valence-electron chi connectivity index (χ4n) is 2.34. The van der Waals surface area contributed by atoms with Crippen molar-refractivity contribution >= 4 is 58.5 Å². The van der Waals surface area contributed by atoms with Crippen LogP contribution < -0.4 is 0 Å². The molecule has 0 amide bonds. The Bertz CT molecular complexity index is 976. The second-order valence-corrected chi connectivity index (χ2v) is 8.01. The molecule has 0 unspecified atom stereocenters. The second-order valence-electron chi connectivity index (χ2n) is 5.53. The third-order valence-corrected chi connectivity index (χ3v) is 5.63. The quantitative estimate of drug-likeness (QED) is 0.334. The van der Waals surface area contributed by atoms with E-state index in [4.69, 9.17) is 23.2 Å². The first kappa shape index (κ1) is 19.2. The highest BCUT2D eigenvalue weighted by Crippen LogP contribution is 2.36. The van der Waals surface area contributed by atoms with Crippen molar-refractivity contribution in [2.24, 2.45) is 0 Å². The lowest BCUT2D eigenvalue weighted by Gasteiger charge is -2.01. The van der Waals surface area contributed by atoms with Crippen molar-refractivity contribution in [1.82, 2.24) is 9.97 Å². The van der Waals surface area contributed by atoms with Crippen molar-refractivity contribution in [1.29, 1.82) is 0 Å². The van der Waals surface area contributed by atoms with Crippen LogP contribution >= 0.6 is 47.6 Å². The maximum absolute atomic E-state index is 5.89. The zero-order chi connectivity index (χ0) is 18.5. The highest BCUT2D eigenvalue weighted by atomic mass is 35.5. The lowest BCUT2D eigenvalue weighted by Crippen LogP contribution is -1.76. The van der Waals surface area contributed by atoms with E-state index in [1.807, 2.05) is 60.8 Å². The maximum Gasteiger partial charge on any atom is 0.0498 e. The molecule has 0 fully saturated rings. The Balaban J connectivity index is 0.000000206. The number of nitrogens with one attached hydrogen (secondary N) is 1. The molecule has 0 spiro atoms. The van der Waals surface area contributed by atoms with Crippen molar-refractivity contribution in [2.45, 2.75) is 21.6 Å². The van der Waals surface area contributed by atoms with Crippen LogP contribution in [0.1, 0.15) is 5.69 Å². The number of pyridine rings is 1. The van der Waals surface area contributed by atoms with E-state index >= 15 is 0 Å². The number of fused-ring (bicyclic) bond motifs is 1. The number of benzene rings is 2. The Morgan fingerprint density at radius 1 is 0.923 bits per heavy atom. The highest BCUT2D eigenvalue weighted by Gasteiger charge is 2.09. The van der Waals surface area contributed by atoms with Crippen molar-refractivity contribution in [3.05, 3.63) is 82.7 Å². The first-order valence-electron chi connectivity index (χ1n) is 7.83. The van der Waals surface area contributed by atoms with E-state index in [0.717, 1.165) is 31.5 Å². The van der Waals surface area contributed by atoms with E-state index in [1.165, 1.54) is 9.79 Å². The van der Waals surface area contributed by atoms with E-state index in [1.54, 1.807) is 18.0 Å². The van der Waals surface area contributed by atoms with E-state index in [2.05, 4.69) is 29.5 Å². The molecule has 6 heteroatoms. The van der Waals surface area contributed by atoms with E-state index in [-0.39, 0.29) is 0 Å². The zero-order valence-electron chi connectivity index (χ0n) is 13.9. The molecular weight excluding hydrogens is 403 g/mol. The largest absolute Gasteiger partial charge is 0.358 e. The van der Waals surface area contributed by atoms with E-state index in [0.29, 0.717) is 0 Å². The Morgan fingerprint density at radius 2 is 1.54 bits per heavy atom. The Kier molecular flexibility index (Phi) is 6.54. The average molecular weight is 419 g/mol. The molecule has 132 valence electrons. The maximum atomic E-state index is 5.89. The van der Waals surface area contributed by atoms with Gasteiger partial charge in [0.1, 0.15) is 0 Å². The summed E-state index contributed by atoms with van der Waals surface area (Å²) in [6.07, 6.45) is 3.70. The molecule has 0 saturated carbocycles. The third kappa shape index (κ3) is 4.98. The molecule has 1 N–H and O–H groups in total. The number of halogens is 2. The molecule has 0 bridgehead atoms. The summed E-state index contributed by atoms with van der Waals surface area (Å²) in [5.41, 5.74) is 2.29. The highest BCUT2D eigenvalue weighted by molar-refractivity contribution is 7.99. The van der Waals surface area contributed by atoms with Crippen LogP contribution in [0.3, 0.4) is 0 Å². The smallest absolute Gasteiger partial charge is 0.0498 e. The number of thiol groups is 1. The summed E-state index contributed by atoms with van der Waals surface area (Å²) < 4.78 is 0. The second kappa shape index (κ2) is 8.87. The molecule has 4 rings (SSSR count). The minimum absolute atomic E-state index is 0.753. The summed E-state index contributed by atoms with van der Waals surface area (Å²) in [6.45, 7) is 2.08. The van der Waals surface area contributed by atoms with Gasteiger partial charge in [0, 0.05) is 53.7 Å². The molecule has 0 aliphatic carbocycles. The van der Waals surface area contributed by atoms with Gasteiger partial charge < -0.3 is 4.98 Å². The normalized spacial score (nSPS) is 10.5. The predicted octanol–water partition coefficient (Wildman–Crippen LogP) is 7.30. The predicted molar refractivity (Wildman–Crippen MR) is 115 cm³/mol. The van der Waals surface area contributed by atoms with Crippen LogP contribution in [0.5, 0.6) is 0 Å². The zero-order valence-corrected chi connectivity index (χ0v) is 17.1. The van der Waals surface area contributed by atoms with Crippen LogP contribution in [0.2, 0.25) is 10.0 Å². The standard InChI is InChI=1S/C14H11ClN2S.C6H5ClS/c1-9-14(12-8-16-7-6-13(12)17-9)18-11-4-2-10(15)3-5-11;7-5-1-3-6(8)4-2-5/h2-8,17H,1H3;1-4,8H. The van der Waals surface area contributed by atoms with Gasteiger partial charge in [-0.3, -0.25) is 4.98 Å². The van der Waals surface area contributed by atoms with Crippen molar-refractivity contribution in [3.8, 4) is 0 Å². The van der Waals surface area contributed by atoms with Gasteiger partial charge in [0.2, 0.25) is 0 Å². The summed E-state index contributed by atoms with van der Waals surface area (Å²) >= 11 is 17.3. The summed E-state index contributed by atoms with van der Waals surface area (Å²) in [5, 5.41) is 2.68. The Labute approximate surface area is 172 Å². The van der Waals surface area contributed by atoms with Gasteiger partial charge in [0.25, 0.3) is 0 Å². The molecule has 2 nitrogen and oxygen atoms in total. The molecule has 0 aliphatic heterocycles. The summed E-state index contributed by atoms with van der Waals surface area (Å²) in [5.74, 6) is 0. The summed E-state index contributed by atoms with van der Waals surface area (Å²) in [6, 6.07) is 17.2. The number of aromatic nitrogens is 2. The van der Waals surface area contributed by atoms with Gasteiger partial charge in [-0.2, -0.15) is 0 Å². The van der Waals surface area contributed by atoms with Gasteiger partial charge in [0.15, 0.2) is 0 Å². The van der Waals surface area contributed by atoms with Crippen molar-refractivity contribution in [2.75, 3.05) is 0 Å². The fraction of sp³-hybridized carbons (Fsp3) is 0.0500. The van der Waals surface area contributed by atoms with Crippen LogP contribution in [0.15, 0.2) is 81.7 Å². The molecule has 2 heterocycles. The molecule has 0 atom stereocenters. The van der Waals surface area contributed by atoms with Gasteiger partial charge in [-0.1, -0.05) is 35.0 Å².